The number of hydrogen-bond donors (Lipinski definition) is 1. The largest absolute Gasteiger partial charge is 0.352 e. The molecule has 0 saturated carbocycles. The summed E-state index contributed by atoms with van der Waals surface area (Å²) >= 11 is 3.14. The molecule has 1 amide bonds. The summed E-state index contributed by atoms with van der Waals surface area (Å²) in [5, 5.41) is 2.58. The van der Waals surface area contributed by atoms with Crippen molar-refractivity contribution < 1.29 is 13.6 Å². The van der Waals surface area contributed by atoms with Crippen molar-refractivity contribution in [3.8, 4) is 0 Å². The number of amides is 1. The first kappa shape index (κ1) is 14.7. The van der Waals surface area contributed by atoms with Gasteiger partial charge in [-0.2, -0.15) is 0 Å². The third-order valence-corrected chi connectivity index (χ3v) is 3.49. The van der Waals surface area contributed by atoms with Crippen LogP contribution in [0.15, 0.2) is 46.9 Å². The third kappa shape index (κ3) is 3.42. The zero-order chi connectivity index (χ0) is 14.5. The number of rotatable bonds is 4. The van der Waals surface area contributed by atoms with Gasteiger partial charge in [-0.3, -0.25) is 4.79 Å². The molecule has 2 nitrogen and oxygen atoms in total. The molecule has 2 aromatic rings. The quantitative estimate of drug-likeness (QED) is 0.904. The Labute approximate surface area is 123 Å². The summed E-state index contributed by atoms with van der Waals surface area (Å²) in [5.74, 6) is -1.43. The average molecular weight is 340 g/mol. The molecular formula is C15H12BrF2NO. The smallest absolute Gasteiger partial charge is 0.255 e. The van der Waals surface area contributed by atoms with Crippen molar-refractivity contribution in [3.05, 3.63) is 69.7 Å². The molecule has 104 valence electrons. The third-order valence-electron chi connectivity index (χ3n) is 2.83. The summed E-state index contributed by atoms with van der Waals surface area (Å²) in [5.41, 5.74) is 0.474. The minimum absolute atomic E-state index is 0.0407. The van der Waals surface area contributed by atoms with Gasteiger partial charge in [-0.25, -0.2) is 8.78 Å². The molecule has 2 aromatic carbocycles. The van der Waals surface area contributed by atoms with Crippen LogP contribution in [-0.2, 0) is 6.42 Å². The second-order valence-electron chi connectivity index (χ2n) is 4.19. The fourth-order valence-corrected chi connectivity index (χ4v) is 2.34. The highest BCUT2D eigenvalue weighted by molar-refractivity contribution is 9.10. The molecule has 0 spiro atoms. The maximum atomic E-state index is 13.6. The molecule has 0 fully saturated rings. The highest BCUT2D eigenvalue weighted by atomic mass is 79.9. The Bertz CT molecular complexity index is 611. The maximum absolute atomic E-state index is 13.6. The topological polar surface area (TPSA) is 29.1 Å². The van der Waals surface area contributed by atoms with Gasteiger partial charge in [-0.15, -0.1) is 0 Å². The fraction of sp³-hybridized carbons (Fsp3) is 0.133. The van der Waals surface area contributed by atoms with Gasteiger partial charge in [-0.1, -0.05) is 24.3 Å². The van der Waals surface area contributed by atoms with Crippen molar-refractivity contribution in [2.75, 3.05) is 6.54 Å². The molecule has 5 heteroatoms. The lowest BCUT2D eigenvalue weighted by atomic mass is 10.1. The van der Waals surface area contributed by atoms with Crippen molar-refractivity contribution >= 4 is 21.8 Å². The molecule has 0 atom stereocenters. The number of halogens is 3. The van der Waals surface area contributed by atoms with Crippen molar-refractivity contribution in [1.82, 2.24) is 5.32 Å². The minimum Gasteiger partial charge on any atom is -0.352 e. The first-order chi connectivity index (χ1) is 9.59. The molecule has 0 saturated heterocycles. The van der Waals surface area contributed by atoms with Crippen LogP contribution in [0.4, 0.5) is 8.78 Å². The van der Waals surface area contributed by atoms with E-state index in [0.29, 0.717) is 16.5 Å². The zero-order valence-electron chi connectivity index (χ0n) is 10.5. The van der Waals surface area contributed by atoms with Gasteiger partial charge < -0.3 is 5.32 Å². The summed E-state index contributed by atoms with van der Waals surface area (Å²) in [6.45, 7) is 0.237. The zero-order valence-corrected chi connectivity index (χ0v) is 12.1. The summed E-state index contributed by atoms with van der Waals surface area (Å²) in [6.07, 6.45) is 0.352. The first-order valence-electron chi connectivity index (χ1n) is 6.05. The van der Waals surface area contributed by atoms with Crippen LogP contribution < -0.4 is 5.32 Å². The molecule has 0 aromatic heterocycles. The van der Waals surface area contributed by atoms with E-state index in [1.54, 1.807) is 24.3 Å². The Morgan fingerprint density at radius 3 is 2.45 bits per heavy atom. The van der Waals surface area contributed by atoms with E-state index < -0.39 is 11.7 Å². The number of hydrogen-bond acceptors (Lipinski definition) is 1. The van der Waals surface area contributed by atoms with E-state index in [1.807, 2.05) is 0 Å². The lowest BCUT2D eigenvalue weighted by Crippen LogP contribution is -2.27. The Hall–Kier alpha value is -1.75. The Morgan fingerprint density at radius 1 is 1.05 bits per heavy atom. The SMILES string of the molecule is O=C(NCCc1ccccc1F)c1c(F)cccc1Br. The van der Waals surface area contributed by atoms with E-state index in [9.17, 15) is 13.6 Å². The van der Waals surface area contributed by atoms with Gasteiger partial charge in [0.15, 0.2) is 0 Å². The number of carbonyl (C=O) groups is 1. The molecule has 0 unspecified atom stereocenters. The van der Waals surface area contributed by atoms with E-state index in [4.69, 9.17) is 0 Å². The van der Waals surface area contributed by atoms with Gasteiger partial charge in [0.25, 0.3) is 5.91 Å². The van der Waals surface area contributed by atoms with Crippen molar-refractivity contribution in [2.45, 2.75) is 6.42 Å². The van der Waals surface area contributed by atoms with E-state index >= 15 is 0 Å². The van der Waals surface area contributed by atoms with Crippen LogP contribution in [0.3, 0.4) is 0 Å². The molecule has 20 heavy (non-hydrogen) atoms. The second kappa shape index (κ2) is 6.61. The van der Waals surface area contributed by atoms with Crippen LogP contribution in [0.25, 0.3) is 0 Å². The molecule has 1 N–H and O–H groups in total. The van der Waals surface area contributed by atoms with Gasteiger partial charge >= 0.3 is 0 Å². The average Bonchev–Trinajstić information content (AvgIpc) is 2.41. The van der Waals surface area contributed by atoms with Crippen molar-refractivity contribution in [3.63, 3.8) is 0 Å². The van der Waals surface area contributed by atoms with E-state index in [-0.39, 0.29) is 17.9 Å². The highest BCUT2D eigenvalue weighted by Crippen LogP contribution is 2.19. The molecule has 2 rings (SSSR count). The summed E-state index contributed by atoms with van der Waals surface area (Å²) in [7, 11) is 0. The Kier molecular flexibility index (Phi) is 4.84. The van der Waals surface area contributed by atoms with E-state index in [0.717, 1.165) is 0 Å². The van der Waals surface area contributed by atoms with Crippen LogP contribution >= 0.6 is 15.9 Å². The predicted octanol–water partition coefficient (Wildman–Crippen LogP) is 3.70. The minimum atomic E-state index is -0.595. The van der Waals surface area contributed by atoms with Crippen molar-refractivity contribution in [2.24, 2.45) is 0 Å². The van der Waals surface area contributed by atoms with Crippen LogP contribution in [0.1, 0.15) is 15.9 Å². The van der Waals surface area contributed by atoms with Gasteiger partial charge in [0.05, 0.1) is 5.56 Å². The molecule has 0 bridgehead atoms. The van der Waals surface area contributed by atoms with E-state index in [2.05, 4.69) is 21.2 Å². The normalized spacial score (nSPS) is 10.3. The standard InChI is InChI=1S/C15H12BrF2NO/c16-11-5-3-7-13(18)14(11)15(20)19-9-8-10-4-1-2-6-12(10)17/h1-7H,8-9H2,(H,19,20). The van der Waals surface area contributed by atoms with E-state index in [1.165, 1.54) is 18.2 Å². The summed E-state index contributed by atoms with van der Waals surface area (Å²) < 4.78 is 27.3. The number of nitrogens with one attached hydrogen (secondary N) is 1. The van der Waals surface area contributed by atoms with Gasteiger partial charge in [0.1, 0.15) is 11.6 Å². The Balaban J connectivity index is 1.98. The highest BCUT2D eigenvalue weighted by Gasteiger charge is 2.14. The van der Waals surface area contributed by atoms with Gasteiger partial charge in [0.2, 0.25) is 0 Å². The molecule has 0 radical (unpaired) electrons. The van der Waals surface area contributed by atoms with Crippen LogP contribution in [-0.4, -0.2) is 12.5 Å². The van der Waals surface area contributed by atoms with Crippen LogP contribution in [0.5, 0.6) is 0 Å². The van der Waals surface area contributed by atoms with Gasteiger partial charge in [-0.05, 0) is 46.1 Å². The first-order valence-corrected chi connectivity index (χ1v) is 6.84. The second-order valence-corrected chi connectivity index (χ2v) is 5.05. The lowest BCUT2D eigenvalue weighted by molar-refractivity contribution is 0.0949. The molecule has 0 aliphatic carbocycles. The number of benzene rings is 2. The summed E-state index contributed by atoms with van der Waals surface area (Å²) in [6, 6.07) is 10.7. The molecule has 0 aliphatic heterocycles. The summed E-state index contributed by atoms with van der Waals surface area (Å²) in [4.78, 5) is 11.9. The lowest BCUT2D eigenvalue weighted by Gasteiger charge is -2.08. The fourth-order valence-electron chi connectivity index (χ4n) is 1.81. The van der Waals surface area contributed by atoms with Gasteiger partial charge in [0, 0.05) is 11.0 Å². The van der Waals surface area contributed by atoms with Crippen LogP contribution in [0, 0.1) is 11.6 Å². The van der Waals surface area contributed by atoms with Crippen molar-refractivity contribution in [1.29, 1.82) is 0 Å². The monoisotopic (exact) mass is 339 g/mol. The molecule has 0 aliphatic rings. The Morgan fingerprint density at radius 2 is 1.75 bits per heavy atom. The number of carbonyl (C=O) groups excluding carboxylic acids is 1. The van der Waals surface area contributed by atoms with Crippen LogP contribution in [0.2, 0.25) is 0 Å². The maximum Gasteiger partial charge on any atom is 0.255 e. The predicted molar refractivity (Wildman–Crippen MR) is 76.5 cm³/mol. The molecular weight excluding hydrogens is 328 g/mol. The molecule has 0 heterocycles.